The van der Waals surface area contributed by atoms with E-state index < -0.39 is 0 Å². The average Bonchev–Trinajstić information content (AvgIpc) is 2.89. The molecule has 9 heteroatoms. The van der Waals surface area contributed by atoms with Crippen LogP contribution < -0.4 is 16.2 Å². The lowest BCUT2D eigenvalue weighted by Gasteiger charge is -2.31. The van der Waals surface area contributed by atoms with Crippen molar-refractivity contribution in [3.8, 4) is 0 Å². The first-order valence-electron chi connectivity index (χ1n) is 9.01. The molecule has 6 nitrogen and oxygen atoms in total. The van der Waals surface area contributed by atoms with Gasteiger partial charge in [0.25, 0.3) is 5.56 Å². The van der Waals surface area contributed by atoms with Gasteiger partial charge in [-0.25, -0.2) is 4.98 Å². The predicted octanol–water partition coefficient (Wildman–Crippen LogP) is 2.90. The first-order chi connectivity index (χ1) is 12.4. The summed E-state index contributed by atoms with van der Waals surface area (Å²) in [5.74, 6) is 1.18. The molecular formula is C18H27ClN4O2S2. The molecule has 1 fully saturated rings. The summed E-state index contributed by atoms with van der Waals surface area (Å²) >= 11 is 3.04. The number of rotatable bonds is 5. The molecule has 1 amide bonds. The summed E-state index contributed by atoms with van der Waals surface area (Å²) in [5.41, 5.74) is 0.910. The molecule has 0 aliphatic carbocycles. The Morgan fingerprint density at radius 2 is 2.19 bits per heavy atom. The minimum Gasteiger partial charge on any atom is -0.351 e. The molecule has 2 aromatic rings. The number of thioether (sulfide) groups is 1. The summed E-state index contributed by atoms with van der Waals surface area (Å²) < 4.78 is 0. The molecular weight excluding hydrogens is 404 g/mol. The van der Waals surface area contributed by atoms with E-state index in [4.69, 9.17) is 0 Å². The highest BCUT2D eigenvalue weighted by molar-refractivity contribution is 7.99. The van der Waals surface area contributed by atoms with Crippen LogP contribution in [0.1, 0.15) is 43.0 Å². The quantitative estimate of drug-likeness (QED) is 0.678. The van der Waals surface area contributed by atoms with E-state index in [0.29, 0.717) is 23.0 Å². The number of aromatic amines is 1. The molecule has 1 saturated heterocycles. The van der Waals surface area contributed by atoms with Crippen LogP contribution in [0.15, 0.2) is 4.79 Å². The molecule has 0 aromatic carbocycles. The van der Waals surface area contributed by atoms with Crippen LogP contribution >= 0.6 is 35.5 Å². The van der Waals surface area contributed by atoms with E-state index in [0.717, 1.165) is 34.7 Å². The lowest BCUT2D eigenvalue weighted by Crippen LogP contribution is -2.53. The van der Waals surface area contributed by atoms with E-state index in [-0.39, 0.29) is 35.2 Å². The van der Waals surface area contributed by atoms with Crippen LogP contribution in [-0.2, 0) is 10.5 Å². The molecule has 1 aliphatic rings. The highest BCUT2D eigenvalue weighted by Gasteiger charge is 2.24. The molecule has 0 spiro atoms. The smallest absolute Gasteiger partial charge is 0.259 e. The third kappa shape index (κ3) is 5.04. The Hall–Kier alpha value is -1.09. The zero-order chi connectivity index (χ0) is 18.8. The number of hydrogen-bond acceptors (Lipinski definition) is 6. The largest absolute Gasteiger partial charge is 0.351 e. The Labute approximate surface area is 173 Å². The molecule has 3 heterocycles. The Balaban J connectivity index is 0.00000261. The highest BCUT2D eigenvalue weighted by atomic mass is 35.5. The maximum Gasteiger partial charge on any atom is 0.259 e. The van der Waals surface area contributed by atoms with Crippen LogP contribution in [0.4, 0.5) is 0 Å². The lowest BCUT2D eigenvalue weighted by atomic mass is 10.00. The number of hydrogen-bond donors (Lipinski definition) is 3. The summed E-state index contributed by atoms with van der Waals surface area (Å²) in [7, 11) is 0. The van der Waals surface area contributed by atoms with E-state index >= 15 is 0 Å². The maximum absolute atomic E-state index is 12.5. The van der Waals surface area contributed by atoms with E-state index in [1.54, 1.807) is 11.3 Å². The topological polar surface area (TPSA) is 86.9 Å². The monoisotopic (exact) mass is 430 g/mol. The van der Waals surface area contributed by atoms with Gasteiger partial charge in [0.2, 0.25) is 5.91 Å². The SMILES string of the molecule is Cc1sc2nc(CSC(C)C(=O)NC3CCCNC3C)[nH]c(=O)c2c1C.Cl. The van der Waals surface area contributed by atoms with Crippen LogP contribution in [0.25, 0.3) is 10.2 Å². The number of nitrogens with zero attached hydrogens (tertiary/aromatic N) is 1. The first-order valence-corrected chi connectivity index (χ1v) is 10.9. The number of amides is 1. The van der Waals surface area contributed by atoms with Crippen molar-refractivity contribution in [3.05, 3.63) is 26.6 Å². The summed E-state index contributed by atoms with van der Waals surface area (Å²) in [6, 6.07) is 0.487. The number of nitrogens with one attached hydrogen (secondary N) is 3. The molecule has 150 valence electrons. The average molecular weight is 431 g/mol. The number of aryl methyl sites for hydroxylation is 2. The summed E-state index contributed by atoms with van der Waals surface area (Å²) in [6.45, 7) is 8.98. The van der Waals surface area contributed by atoms with Crippen molar-refractivity contribution in [2.45, 2.75) is 63.6 Å². The van der Waals surface area contributed by atoms with E-state index in [9.17, 15) is 9.59 Å². The van der Waals surface area contributed by atoms with Gasteiger partial charge in [-0.2, -0.15) is 0 Å². The van der Waals surface area contributed by atoms with Crippen LogP contribution in [-0.4, -0.2) is 39.8 Å². The molecule has 0 bridgehead atoms. The van der Waals surface area contributed by atoms with Gasteiger partial charge in [-0.3, -0.25) is 9.59 Å². The Morgan fingerprint density at radius 3 is 2.89 bits per heavy atom. The van der Waals surface area contributed by atoms with Gasteiger partial charge in [-0.15, -0.1) is 35.5 Å². The zero-order valence-corrected chi connectivity index (χ0v) is 18.5. The molecule has 2 aromatic heterocycles. The molecule has 0 radical (unpaired) electrons. The second-order valence-electron chi connectivity index (χ2n) is 6.93. The predicted molar refractivity (Wildman–Crippen MR) is 116 cm³/mol. The van der Waals surface area contributed by atoms with E-state index in [2.05, 4.69) is 27.5 Å². The minimum absolute atomic E-state index is 0. The van der Waals surface area contributed by atoms with Crippen molar-refractivity contribution >= 4 is 51.6 Å². The number of piperidine rings is 1. The van der Waals surface area contributed by atoms with E-state index in [1.807, 2.05) is 20.8 Å². The molecule has 3 atom stereocenters. The highest BCUT2D eigenvalue weighted by Crippen LogP contribution is 2.26. The van der Waals surface area contributed by atoms with Gasteiger partial charge in [-0.05, 0) is 52.6 Å². The standard InChI is InChI=1S/C18H26N4O2S2.ClH/c1-9-11(3)26-18-15(9)17(24)21-14(22-18)8-25-12(4)16(23)20-13-6-5-7-19-10(13)2;/h10,12-13,19H,5-8H2,1-4H3,(H,20,23)(H,21,22,24);1H. The number of carbonyl (C=O) groups excluding carboxylic acids is 1. The van der Waals surface area contributed by atoms with Gasteiger partial charge >= 0.3 is 0 Å². The number of H-pyrrole nitrogens is 1. The van der Waals surface area contributed by atoms with Gasteiger partial charge in [0.1, 0.15) is 10.7 Å². The fraction of sp³-hybridized carbons (Fsp3) is 0.611. The fourth-order valence-electron chi connectivity index (χ4n) is 3.19. The normalized spacial score (nSPS) is 20.9. The Morgan fingerprint density at radius 1 is 1.44 bits per heavy atom. The number of aromatic nitrogens is 2. The van der Waals surface area contributed by atoms with Crippen molar-refractivity contribution in [1.82, 2.24) is 20.6 Å². The number of fused-ring (bicyclic) bond motifs is 1. The zero-order valence-electron chi connectivity index (χ0n) is 16.0. The second kappa shape index (κ2) is 9.41. The van der Waals surface area contributed by atoms with Gasteiger partial charge in [0, 0.05) is 17.0 Å². The number of halogens is 1. The van der Waals surface area contributed by atoms with Gasteiger partial charge in [0.05, 0.1) is 16.4 Å². The van der Waals surface area contributed by atoms with Crippen LogP contribution in [0.3, 0.4) is 0 Å². The Kier molecular flexibility index (Phi) is 7.73. The molecule has 27 heavy (non-hydrogen) atoms. The van der Waals surface area contributed by atoms with Gasteiger partial charge in [-0.1, -0.05) is 0 Å². The number of carbonyl (C=O) groups is 1. The molecule has 3 N–H and O–H groups in total. The van der Waals surface area contributed by atoms with Crippen molar-refractivity contribution in [1.29, 1.82) is 0 Å². The fourth-order valence-corrected chi connectivity index (χ4v) is 5.00. The summed E-state index contributed by atoms with van der Waals surface area (Å²) in [6.07, 6.45) is 2.10. The third-order valence-corrected chi connectivity index (χ3v) is 7.27. The van der Waals surface area contributed by atoms with Crippen molar-refractivity contribution in [2.75, 3.05) is 6.54 Å². The van der Waals surface area contributed by atoms with Gasteiger partial charge < -0.3 is 15.6 Å². The van der Waals surface area contributed by atoms with E-state index in [1.165, 1.54) is 11.8 Å². The molecule has 3 unspecified atom stereocenters. The minimum atomic E-state index is -0.197. The van der Waals surface area contributed by atoms with Crippen LogP contribution in [0.5, 0.6) is 0 Å². The van der Waals surface area contributed by atoms with Crippen molar-refractivity contribution < 1.29 is 4.79 Å². The van der Waals surface area contributed by atoms with Crippen molar-refractivity contribution in [2.24, 2.45) is 0 Å². The van der Waals surface area contributed by atoms with Crippen LogP contribution in [0.2, 0.25) is 0 Å². The summed E-state index contributed by atoms with van der Waals surface area (Å²) in [5, 5.41) is 7.03. The van der Waals surface area contributed by atoms with Crippen molar-refractivity contribution in [3.63, 3.8) is 0 Å². The lowest BCUT2D eigenvalue weighted by molar-refractivity contribution is -0.121. The second-order valence-corrected chi connectivity index (χ2v) is 9.46. The molecule has 0 saturated carbocycles. The van der Waals surface area contributed by atoms with Crippen LogP contribution in [0, 0.1) is 13.8 Å². The maximum atomic E-state index is 12.5. The molecule has 1 aliphatic heterocycles. The first kappa shape index (κ1) is 22.2. The summed E-state index contributed by atoms with van der Waals surface area (Å²) in [4.78, 5) is 34.1. The number of thiophene rings is 1. The van der Waals surface area contributed by atoms with Gasteiger partial charge in [0.15, 0.2) is 0 Å². The molecule has 3 rings (SSSR count). The Bertz CT molecular complexity index is 867. The third-order valence-electron chi connectivity index (χ3n) is 5.02.